The Morgan fingerprint density at radius 2 is 1.77 bits per heavy atom. The van der Waals surface area contributed by atoms with E-state index in [1.54, 1.807) is 0 Å². The number of allylic oxidation sites excluding steroid dienone is 7. The second-order valence-electron chi connectivity index (χ2n) is 6.84. The molecule has 140 valence electrons. The molecule has 0 N–H and O–H groups in total. The first-order valence-electron chi connectivity index (χ1n) is 9.35. The Morgan fingerprint density at radius 1 is 1.08 bits per heavy atom. The number of carbonyl (C=O) groups is 1. The lowest BCUT2D eigenvalue weighted by atomic mass is 10.1. The molecule has 0 unspecified atom stereocenters. The molecule has 0 aliphatic carbocycles. The lowest BCUT2D eigenvalue weighted by Gasteiger charge is -2.03. The van der Waals surface area contributed by atoms with Crippen LogP contribution in [0, 0.1) is 0 Å². The van der Waals surface area contributed by atoms with Gasteiger partial charge < -0.3 is 4.74 Å². The van der Waals surface area contributed by atoms with Gasteiger partial charge in [0.25, 0.3) is 0 Å². The second kappa shape index (κ2) is 12.1. The molecule has 0 saturated heterocycles. The first-order chi connectivity index (χ1) is 12.4. The Hall–Kier alpha value is -2.35. The van der Waals surface area contributed by atoms with Gasteiger partial charge in [-0.15, -0.1) is 0 Å². The molecular weight excluding hydrogens is 320 g/mol. The summed E-state index contributed by atoms with van der Waals surface area (Å²) in [5.74, 6) is -0.257. The molecule has 0 aliphatic rings. The van der Waals surface area contributed by atoms with Gasteiger partial charge in [-0.25, -0.2) is 4.79 Å². The van der Waals surface area contributed by atoms with Crippen LogP contribution >= 0.6 is 0 Å². The first kappa shape index (κ1) is 21.7. The molecule has 0 spiro atoms. The summed E-state index contributed by atoms with van der Waals surface area (Å²) in [6.45, 7) is 11.0. The maximum Gasteiger partial charge on any atom is 0.338 e. The molecule has 0 aliphatic heterocycles. The summed E-state index contributed by atoms with van der Waals surface area (Å²) in [7, 11) is 0. The van der Waals surface area contributed by atoms with E-state index in [9.17, 15) is 4.79 Å². The van der Waals surface area contributed by atoms with E-state index in [4.69, 9.17) is 4.74 Å². The average molecular weight is 353 g/mol. The first-order valence-corrected chi connectivity index (χ1v) is 9.35. The Kier molecular flexibility index (Phi) is 10.1. The largest absolute Gasteiger partial charge is 0.462 e. The molecule has 0 heterocycles. The monoisotopic (exact) mass is 352 g/mol. The minimum absolute atomic E-state index is 0.257. The number of hydrogen-bond donors (Lipinski definition) is 0. The number of hydrogen-bond acceptors (Lipinski definition) is 2. The normalized spacial score (nSPS) is 12.3. The lowest BCUT2D eigenvalue weighted by Crippen LogP contribution is -2.05. The van der Waals surface area contributed by atoms with Gasteiger partial charge in [-0.3, -0.25) is 0 Å². The SMILES string of the molecule is CCCOC(=O)c1ccc(/C=C(C)/C=C/C=C(\C)CCC=C(C)C)cc1. The van der Waals surface area contributed by atoms with E-state index in [1.807, 2.05) is 31.2 Å². The smallest absolute Gasteiger partial charge is 0.338 e. The molecule has 2 nitrogen and oxygen atoms in total. The third kappa shape index (κ3) is 9.22. The van der Waals surface area contributed by atoms with Crippen LogP contribution in [-0.2, 0) is 4.74 Å². The van der Waals surface area contributed by atoms with Crippen molar-refractivity contribution in [3.8, 4) is 0 Å². The summed E-state index contributed by atoms with van der Waals surface area (Å²) in [6.07, 6.45) is 13.8. The molecule has 1 aromatic carbocycles. The van der Waals surface area contributed by atoms with E-state index in [2.05, 4.69) is 58.1 Å². The van der Waals surface area contributed by atoms with E-state index in [-0.39, 0.29) is 5.97 Å². The van der Waals surface area contributed by atoms with Crippen molar-refractivity contribution in [3.05, 3.63) is 76.4 Å². The van der Waals surface area contributed by atoms with Crippen LogP contribution in [0.1, 0.15) is 69.8 Å². The van der Waals surface area contributed by atoms with Gasteiger partial charge in [-0.2, -0.15) is 0 Å². The molecule has 0 saturated carbocycles. The Balaban J connectivity index is 2.61. The predicted octanol–water partition coefficient (Wildman–Crippen LogP) is 6.91. The van der Waals surface area contributed by atoms with Gasteiger partial charge in [0, 0.05) is 0 Å². The minimum atomic E-state index is -0.257. The van der Waals surface area contributed by atoms with E-state index in [0.29, 0.717) is 12.2 Å². The summed E-state index contributed by atoms with van der Waals surface area (Å²) < 4.78 is 5.14. The van der Waals surface area contributed by atoms with Crippen molar-refractivity contribution in [1.82, 2.24) is 0 Å². The molecule has 2 heteroatoms. The molecule has 1 rings (SSSR count). The summed E-state index contributed by atoms with van der Waals surface area (Å²) in [5, 5.41) is 0. The van der Waals surface area contributed by atoms with Crippen molar-refractivity contribution in [2.45, 2.75) is 53.9 Å². The molecule has 0 radical (unpaired) electrons. The molecular formula is C24H32O2. The Morgan fingerprint density at radius 3 is 2.38 bits per heavy atom. The van der Waals surface area contributed by atoms with Gasteiger partial charge >= 0.3 is 5.97 Å². The van der Waals surface area contributed by atoms with E-state index < -0.39 is 0 Å². The zero-order chi connectivity index (χ0) is 19.4. The van der Waals surface area contributed by atoms with Crippen molar-refractivity contribution in [2.24, 2.45) is 0 Å². The van der Waals surface area contributed by atoms with Crippen LogP contribution in [0.4, 0.5) is 0 Å². The molecule has 26 heavy (non-hydrogen) atoms. The standard InChI is InChI=1S/C24H32O2/c1-6-17-26-24(25)23-15-13-22(14-16-23)18-21(5)12-8-11-20(4)10-7-9-19(2)3/h8-9,11-16,18H,6-7,10,17H2,1-5H3/b12-8+,20-11+,21-18+. The second-order valence-corrected chi connectivity index (χ2v) is 6.84. The fourth-order valence-corrected chi connectivity index (χ4v) is 2.34. The van der Waals surface area contributed by atoms with Gasteiger partial charge in [-0.1, -0.05) is 66.2 Å². The fraction of sp³-hybridized carbons (Fsp3) is 0.375. The number of esters is 1. The lowest BCUT2D eigenvalue weighted by molar-refractivity contribution is 0.0505. The van der Waals surface area contributed by atoms with Gasteiger partial charge in [0.15, 0.2) is 0 Å². The molecule has 0 bridgehead atoms. The Bertz CT molecular complexity index is 681. The molecule has 1 aromatic rings. The summed E-state index contributed by atoms with van der Waals surface area (Å²) in [5.41, 5.74) is 5.58. The summed E-state index contributed by atoms with van der Waals surface area (Å²) in [4.78, 5) is 11.8. The van der Waals surface area contributed by atoms with Crippen LogP contribution in [0.25, 0.3) is 6.08 Å². The summed E-state index contributed by atoms with van der Waals surface area (Å²) in [6, 6.07) is 7.52. The van der Waals surface area contributed by atoms with Crippen LogP contribution in [0.5, 0.6) is 0 Å². The number of ether oxygens (including phenoxy) is 1. The van der Waals surface area contributed by atoms with Gasteiger partial charge in [0.05, 0.1) is 12.2 Å². The predicted molar refractivity (Wildman–Crippen MR) is 112 cm³/mol. The highest BCUT2D eigenvalue weighted by Gasteiger charge is 2.05. The van der Waals surface area contributed by atoms with Crippen LogP contribution in [0.15, 0.2) is 65.3 Å². The third-order valence-electron chi connectivity index (χ3n) is 3.81. The maximum atomic E-state index is 11.8. The van der Waals surface area contributed by atoms with Crippen molar-refractivity contribution in [3.63, 3.8) is 0 Å². The fourth-order valence-electron chi connectivity index (χ4n) is 2.34. The minimum Gasteiger partial charge on any atom is -0.462 e. The van der Waals surface area contributed by atoms with Crippen LogP contribution in [-0.4, -0.2) is 12.6 Å². The highest BCUT2D eigenvalue weighted by Crippen LogP contribution is 2.12. The van der Waals surface area contributed by atoms with Crippen LogP contribution in [0.2, 0.25) is 0 Å². The number of rotatable bonds is 9. The van der Waals surface area contributed by atoms with Crippen molar-refractivity contribution < 1.29 is 9.53 Å². The Labute approximate surface area is 159 Å². The number of carbonyl (C=O) groups excluding carboxylic acids is 1. The van der Waals surface area contributed by atoms with Gasteiger partial charge in [-0.05, 0) is 64.7 Å². The zero-order valence-corrected chi connectivity index (χ0v) is 16.8. The van der Waals surface area contributed by atoms with Gasteiger partial charge in [0.2, 0.25) is 0 Å². The maximum absolute atomic E-state index is 11.8. The van der Waals surface area contributed by atoms with Crippen molar-refractivity contribution in [2.75, 3.05) is 6.61 Å². The number of benzene rings is 1. The van der Waals surface area contributed by atoms with Crippen molar-refractivity contribution in [1.29, 1.82) is 0 Å². The van der Waals surface area contributed by atoms with E-state index >= 15 is 0 Å². The molecule has 0 atom stereocenters. The highest BCUT2D eigenvalue weighted by atomic mass is 16.5. The topological polar surface area (TPSA) is 26.3 Å². The van der Waals surface area contributed by atoms with Crippen LogP contribution in [0.3, 0.4) is 0 Å². The highest BCUT2D eigenvalue weighted by molar-refractivity contribution is 5.89. The molecule has 0 amide bonds. The average Bonchev–Trinajstić information content (AvgIpc) is 2.60. The summed E-state index contributed by atoms with van der Waals surface area (Å²) >= 11 is 0. The van der Waals surface area contributed by atoms with E-state index in [0.717, 1.165) is 24.8 Å². The van der Waals surface area contributed by atoms with Gasteiger partial charge in [0.1, 0.15) is 0 Å². The third-order valence-corrected chi connectivity index (χ3v) is 3.81. The molecule has 0 aromatic heterocycles. The molecule has 0 fully saturated rings. The van der Waals surface area contributed by atoms with E-state index in [1.165, 1.54) is 16.7 Å². The quantitative estimate of drug-likeness (QED) is 0.274. The van der Waals surface area contributed by atoms with Crippen LogP contribution < -0.4 is 0 Å². The zero-order valence-electron chi connectivity index (χ0n) is 16.8. The van der Waals surface area contributed by atoms with Crippen molar-refractivity contribution >= 4 is 12.0 Å².